The minimum atomic E-state index is 0.157. The minimum Gasteiger partial charge on any atom is -0.345 e. The number of likely N-dealkylation sites (tertiary alicyclic amines) is 2. The van der Waals surface area contributed by atoms with E-state index in [0.717, 1.165) is 19.6 Å². The fraction of sp³-hybridized carbons (Fsp3) is 0.867. The highest BCUT2D eigenvalue weighted by atomic mass is 16.2. The van der Waals surface area contributed by atoms with Gasteiger partial charge in [-0.2, -0.15) is 5.26 Å². The maximum Gasteiger partial charge on any atom is 0.223 e. The van der Waals surface area contributed by atoms with Crippen LogP contribution in [-0.2, 0) is 4.79 Å². The first-order chi connectivity index (χ1) is 9.70. The summed E-state index contributed by atoms with van der Waals surface area (Å²) < 4.78 is 0. The third kappa shape index (κ3) is 4.19. The minimum absolute atomic E-state index is 0.157. The summed E-state index contributed by atoms with van der Waals surface area (Å²) in [5.74, 6) is 0.157. The predicted octanol–water partition coefficient (Wildman–Crippen LogP) is 0.919. The number of rotatable bonds is 6. The van der Waals surface area contributed by atoms with Gasteiger partial charge in [-0.15, -0.1) is 0 Å². The molecule has 0 aromatic carbocycles. The summed E-state index contributed by atoms with van der Waals surface area (Å²) in [4.78, 5) is 18.6. The molecule has 0 aromatic heterocycles. The average Bonchev–Trinajstić information content (AvgIpc) is 3.12. The second-order valence-electron chi connectivity index (χ2n) is 5.96. The molecule has 1 amide bonds. The Labute approximate surface area is 122 Å². The van der Waals surface area contributed by atoms with Crippen LogP contribution < -0.4 is 0 Å². The largest absolute Gasteiger partial charge is 0.345 e. The van der Waals surface area contributed by atoms with E-state index in [-0.39, 0.29) is 5.91 Å². The Hall–Kier alpha value is -1.12. The van der Waals surface area contributed by atoms with E-state index in [4.69, 9.17) is 5.26 Å². The first-order valence-corrected chi connectivity index (χ1v) is 7.78. The van der Waals surface area contributed by atoms with Crippen molar-refractivity contribution in [2.75, 3.05) is 46.3 Å². The van der Waals surface area contributed by atoms with Crippen LogP contribution in [-0.4, -0.2) is 73.0 Å². The Morgan fingerprint density at radius 2 is 2.10 bits per heavy atom. The van der Waals surface area contributed by atoms with Crippen molar-refractivity contribution in [3.63, 3.8) is 0 Å². The van der Waals surface area contributed by atoms with Gasteiger partial charge in [-0.25, -0.2) is 0 Å². The van der Waals surface area contributed by atoms with Crippen LogP contribution in [0.25, 0.3) is 0 Å². The summed E-state index contributed by atoms with van der Waals surface area (Å²) in [6.07, 6.45) is 4.94. The molecule has 0 N–H and O–H groups in total. The van der Waals surface area contributed by atoms with Crippen molar-refractivity contribution < 1.29 is 4.79 Å². The second kappa shape index (κ2) is 7.61. The highest BCUT2D eigenvalue weighted by Gasteiger charge is 2.29. The fourth-order valence-corrected chi connectivity index (χ4v) is 3.21. The first kappa shape index (κ1) is 15.3. The van der Waals surface area contributed by atoms with E-state index >= 15 is 0 Å². The fourth-order valence-electron chi connectivity index (χ4n) is 3.21. The molecule has 2 aliphatic heterocycles. The van der Waals surface area contributed by atoms with Crippen molar-refractivity contribution in [3.8, 4) is 6.07 Å². The summed E-state index contributed by atoms with van der Waals surface area (Å²) in [5.41, 5.74) is 0. The first-order valence-electron chi connectivity index (χ1n) is 7.78. The number of carbonyl (C=O) groups excluding carboxylic acids is 1. The van der Waals surface area contributed by atoms with Crippen molar-refractivity contribution in [2.45, 2.75) is 38.1 Å². The Morgan fingerprint density at radius 1 is 1.35 bits per heavy atom. The highest BCUT2D eigenvalue weighted by molar-refractivity contribution is 5.76. The molecule has 5 heteroatoms. The summed E-state index contributed by atoms with van der Waals surface area (Å²) in [6, 6.07) is 2.79. The quantitative estimate of drug-likeness (QED) is 0.725. The van der Waals surface area contributed by atoms with Gasteiger partial charge in [0.05, 0.1) is 12.5 Å². The zero-order valence-corrected chi connectivity index (χ0v) is 12.6. The maximum atomic E-state index is 11.9. The molecule has 1 unspecified atom stereocenters. The lowest BCUT2D eigenvalue weighted by Crippen LogP contribution is -2.36. The van der Waals surface area contributed by atoms with Crippen LogP contribution in [0.15, 0.2) is 0 Å². The van der Waals surface area contributed by atoms with E-state index in [0.29, 0.717) is 25.4 Å². The summed E-state index contributed by atoms with van der Waals surface area (Å²) >= 11 is 0. The van der Waals surface area contributed by atoms with Gasteiger partial charge in [0, 0.05) is 39.1 Å². The molecule has 0 radical (unpaired) electrons. The average molecular weight is 278 g/mol. The van der Waals surface area contributed by atoms with Gasteiger partial charge in [-0.3, -0.25) is 9.69 Å². The second-order valence-corrected chi connectivity index (χ2v) is 5.96. The molecule has 2 heterocycles. The van der Waals surface area contributed by atoms with Crippen LogP contribution in [0.1, 0.15) is 32.1 Å². The Kier molecular flexibility index (Phi) is 5.81. The molecule has 0 bridgehead atoms. The molecule has 0 saturated carbocycles. The molecule has 20 heavy (non-hydrogen) atoms. The van der Waals surface area contributed by atoms with Crippen LogP contribution >= 0.6 is 0 Å². The van der Waals surface area contributed by atoms with Crippen LogP contribution in [0.3, 0.4) is 0 Å². The predicted molar refractivity (Wildman–Crippen MR) is 78.1 cm³/mol. The van der Waals surface area contributed by atoms with Crippen LogP contribution in [0.4, 0.5) is 0 Å². The van der Waals surface area contributed by atoms with E-state index in [1.54, 1.807) is 11.9 Å². The lowest BCUT2D eigenvalue weighted by atomic mass is 10.2. The number of hydrogen-bond donors (Lipinski definition) is 0. The van der Waals surface area contributed by atoms with Crippen molar-refractivity contribution in [3.05, 3.63) is 0 Å². The van der Waals surface area contributed by atoms with Crippen LogP contribution in [0, 0.1) is 11.3 Å². The van der Waals surface area contributed by atoms with Gasteiger partial charge in [0.1, 0.15) is 0 Å². The zero-order valence-electron chi connectivity index (χ0n) is 12.6. The topological polar surface area (TPSA) is 50.6 Å². The molecule has 5 nitrogen and oxygen atoms in total. The van der Waals surface area contributed by atoms with Gasteiger partial charge in [-0.05, 0) is 38.9 Å². The molecule has 1 atom stereocenters. The third-order valence-corrected chi connectivity index (χ3v) is 4.53. The van der Waals surface area contributed by atoms with E-state index in [9.17, 15) is 4.79 Å². The summed E-state index contributed by atoms with van der Waals surface area (Å²) in [7, 11) is 1.79. The Morgan fingerprint density at radius 3 is 2.80 bits per heavy atom. The third-order valence-electron chi connectivity index (χ3n) is 4.53. The van der Waals surface area contributed by atoms with Crippen molar-refractivity contribution in [1.29, 1.82) is 5.26 Å². The summed E-state index contributed by atoms with van der Waals surface area (Å²) in [6.45, 7) is 6.17. The Bertz CT molecular complexity index is 359. The zero-order chi connectivity index (χ0) is 14.4. The summed E-state index contributed by atoms with van der Waals surface area (Å²) in [5, 5.41) is 8.53. The van der Waals surface area contributed by atoms with Gasteiger partial charge >= 0.3 is 0 Å². The van der Waals surface area contributed by atoms with Gasteiger partial charge in [0.25, 0.3) is 0 Å². The lowest BCUT2D eigenvalue weighted by Gasteiger charge is -2.24. The van der Waals surface area contributed by atoms with Crippen molar-refractivity contribution >= 4 is 5.91 Å². The standard InChI is InChI=1S/C15H26N4O/c1-17(8-4-7-16)15(20)6-12-18-11-5-14(13-18)19-9-2-3-10-19/h14H,2-6,8-13H2,1H3. The normalized spacial score (nSPS) is 23.9. The van der Waals surface area contributed by atoms with Crippen LogP contribution in [0.2, 0.25) is 0 Å². The van der Waals surface area contributed by atoms with Crippen LogP contribution in [0.5, 0.6) is 0 Å². The van der Waals surface area contributed by atoms with Gasteiger partial charge < -0.3 is 9.80 Å². The highest BCUT2D eigenvalue weighted by Crippen LogP contribution is 2.20. The smallest absolute Gasteiger partial charge is 0.223 e. The monoisotopic (exact) mass is 278 g/mol. The van der Waals surface area contributed by atoms with E-state index in [2.05, 4.69) is 15.9 Å². The SMILES string of the molecule is CN(CCC#N)C(=O)CCN1CCC(N2CCCC2)C1. The maximum absolute atomic E-state index is 11.9. The Balaban J connectivity index is 1.65. The number of nitrogens with zero attached hydrogens (tertiary/aromatic N) is 4. The van der Waals surface area contributed by atoms with Gasteiger partial charge in [-0.1, -0.05) is 0 Å². The molecule has 112 valence electrons. The van der Waals surface area contributed by atoms with E-state index < -0.39 is 0 Å². The molecule has 2 fully saturated rings. The molecular formula is C15H26N4O. The number of hydrogen-bond acceptors (Lipinski definition) is 4. The molecule has 0 aliphatic carbocycles. The van der Waals surface area contributed by atoms with Crippen molar-refractivity contribution in [2.24, 2.45) is 0 Å². The number of amides is 1. The molecule has 2 rings (SSSR count). The number of nitriles is 1. The number of carbonyl (C=O) groups is 1. The molecule has 0 aromatic rings. The molecule has 2 saturated heterocycles. The van der Waals surface area contributed by atoms with Crippen molar-refractivity contribution in [1.82, 2.24) is 14.7 Å². The van der Waals surface area contributed by atoms with Gasteiger partial charge in [0.15, 0.2) is 0 Å². The molecular weight excluding hydrogens is 252 g/mol. The molecule has 2 aliphatic rings. The molecule has 0 spiro atoms. The lowest BCUT2D eigenvalue weighted by molar-refractivity contribution is -0.130. The van der Waals surface area contributed by atoms with Gasteiger partial charge in [0.2, 0.25) is 5.91 Å². The van der Waals surface area contributed by atoms with E-state index in [1.807, 2.05) is 0 Å². The van der Waals surface area contributed by atoms with E-state index in [1.165, 1.54) is 32.4 Å².